The van der Waals surface area contributed by atoms with Crippen LogP contribution < -0.4 is 0 Å². The highest BCUT2D eigenvalue weighted by atomic mass is 32.2. The van der Waals surface area contributed by atoms with E-state index >= 15 is 0 Å². The maximum absolute atomic E-state index is 13.3. The molecule has 1 aliphatic carbocycles. The number of aliphatic imine (C=N–C) groups is 1. The fourth-order valence-electron chi connectivity index (χ4n) is 4.21. The van der Waals surface area contributed by atoms with E-state index in [-0.39, 0.29) is 0 Å². The largest absolute Gasteiger partial charge is 0.588 e. The Hall–Kier alpha value is -2.16. The van der Waals surface area contributed by atoms with E-state index in [0.29, 0.717) is 13.1 Å². The fourth-order valence-corrected chi connectivity index (χ4v) is 5.40. The second-order valence-corrected chi connectivity index (χ2v) is 9.20. The predicted octanol–water partition coefficient (Wildman–Crippen LogP) is 2.01. The zero-order valence-electron chi connectivity index (χ0n) is 16.5. The molecular weight excluding hydrogens is 384 g/mol. The highest BCUT2D eigenvalue weighted by Crippen LogP contribution is 2.27. The van der Waals surface area contributed by atoms with Crippen molar-refractivity contribution < 1.29 is 4.55 Å². The third kappa shape index (κ3) is 3.84. The summed E-state index contributed by atoms with van der Waals surface area (Å²) < 4.78 is 15.2. The summed E-state index contributed by atoms with van der Waals surface area (Å²) in [5, 5.41) is 0. The monoisotopic (exact) mass is 410 g/mol. The van der Waals surface area contributed by atoms with E-state index in [1.165, 1.54) is 25.6 Å². The molecule has 0 bridgehead atoms. The van der Waals surface area contributed by atoms with Crippen LogP contribution in [-0.2, 0) is 11.4 Å². The van der Waals surface area contributed by atoms with Crippen molar-refractivity contribution in [1.82, 2.24) is 24.1 Å². The number of rotatable bonds is 4. The zero-order chi connectivity index (χ0) is 19.6. The Morgan fingerprint density at radius 3 is 2.28 bits per heavy atom. The minimum atomic E-state index is -1.25. The lowest BCUT2D eigenvalue weighted by atomic mass is 9.91. The highest BCUT2D eigenvalue weighted by molar-refractivity contribution is 7.89. The van der Waals surface area contributed by atoms with Crippen molar-refractivity contribution in [3.63, 3.8) is 0 Å². The maximum Gasteiger partial charge on any atom is 0.240 e. The van der Waals surface area contributed by atoms with Gasteiger partial charge in [0.1, 0.15) is 17.7 Å². The summed E-state index contributed by atoms with van der Waals surface area (Å²) in [6.07, 6.45) is 9.17. The van der Waals surface area contributed by atoms with Crippen molar-refractivity contribution in [2.24, 2.45) is 4.99 Å². The van der Waals surface area contributed by atoms with Crippen LogP contribution in [0, 0.1) is 0 Å². The topological polar surface area (TPSA) is 70.9 Å². The Morgan fingerprint density at radius 2 is 1.62 bits per heavy atom. The smallest absolute Gasteiger partial charge is 0.240 e. The van der Waals surface area contributed by atoms with Crippen LogP contribution in [0.15, 0.2) is 52.9 Å². The van der Waals surface area contributed by atoms with Gasteiger partial charge in [0.15, 0.2) is 4.90 Å². The molecule has 1 atom stereocenters. The molecule has 29 heavy (non-hydrogen) atoms. The first kappa shape index (κ1) is 18.8. The highest BCUT2D eigenvalue weighted by Gasteiger charge is 2.36. The Morgan fingerprint density at radius 1 is 0.897 bits per heavy atom. The lowest BCUT2D eigenvalue weighted by Gasteiger charge is -2.43. The van der Waals surface area contributed by atoms with E-state index in [2.05, 4.69) is 19.8 Å². The van der Waals surface area contributed by atoms with Gasteiger partial charge in [-0.1, -0.05) is 6.42 Å². The minimum Gasteiger partial charge on any atom is -0.588 e. The molecule has 0 radical (unpaired) electrons. The second-order valence-electron chi connectivity index (χ2n) is 7.79. The van der Waals surface area contributed by atoms with Gasteiger partial charge >= 0.3 is 0 Å². The van der Waals surface area contributed by atoms with Crippen molar-refractivity contribution in [1.29, 1.82) is 0 Å². The first-order chi connectivity index (χ1) is 14.3. The van der Waals surface area contributed by atoms with Crippen LogP contribution >= 0.6 is 0 Å². The summed E-state index contributed by atoms with van der Waals surface area (Å²) in [4.78, 5) is 18.6. The molecule has 2 aromatic rings. The first-order valence-corrected chi connectivity index (χ1v) is 11.5. The standard InChI is InChI=1S/C21H26N6OS/c28-29(20-6-4-17(5-7-20)18-14-22-16-23-15-18)27-9-8-24-21(27)26-12-10-25(11-13-26)19-2-1-3-19/h4-7,14-16,19H,1-3,8-13H2. The van der Waals surface area contributed by atoms with E-state index in [9.17, 15) is 4.55 Å². The molecule has 3 heterocycles. The molecule has 1 aromatic carbocycles. The lowest BCUT2D eigenvalue weighted by molar-refractivity contribution is 0.0833. The summed E-state index contributed by atoms with van der Waals surface area (Å²) in [5.74, 6) is 0.900. The maximum atomic E-state index is 13.3. The average Bonchev–Trinajstić information content (AvgIpc) is 3.23. The minimum absolute atomic E-state index is 0.707. The molecule has 5 rings (SSSR count). The number of guanidine groups is 1. The van der Waals surface area contributed by atoms with E-state index < -0.39 is 11.4 Å². The van der Waals surface area contributed by atoms with Gasteiger partial charge in [-0.05, 0) is 42.7 Å². The van der Waals surface area contributed by atoms with Gasteiger partial charge in [-0.25, -0.2) is 15.0 Å². The van der Waals surface area contributed by atoms with Crippen LogP contribution in [-0.4, -0.2) is 79.9 Å². The molecule has 1 aromatic heterocycles. The Labute approximate surface area is 174 Å². The Balaban J connectivity index is 1.25. The molecular formula is C21H26N6OS. The summed E-state index contributed by atoms with van der Waals surface area (Å²) in [7, 11) is 0. The zero-order valence-corrected chi connectivity index (χ0v) is 17.3. The van der Waals surface area contributed by atoms with Gasteiger partial charge in [-0.3, -0.25) is 4.90 Å². The molecule has 7 nitrogen and oxygen atoms in total. The molecule has 8 heteroatoms. The van der Waals surface area contributed by atoms with Gasteiger partial charge in [0.25, 0.3) is 0 Å². The molecule has 0 N–H and O–H groups in total. The van der Waals surface area contributed by atoms with E-state index in [1.54, 1.807) is 12.4 Å². The van der Waals surface area contributed by atoms with Crippen molar-refractivity contribution in [2.75, 3.05) is 39.3 Å². The van der Waals surface area contributed by atoms with Crippen molar-refractivity contribution >= 4 is 17.3 Å². The van der Waals surface area contributed by atoms with Crippen LogP contribution in [0.3, 0.4) is 0 Å². The van der Waals surface area contributed by atoms with Gasteiger partial charge in [-0.2, -0.15) is 4.31 Å². The summed E-state index contributed by atoms with van der Waals surface area (Å²) in [6, 6.07) is 8.62. The van der Waals surface area contributed by atoms with Crippen LogP contribution in [0.25, 0.3) is 11.1 Å². The van der Waals surface area contributed by atoms with Crippen molar-refractivity contribution in [2.45, 2.75) is 30.2 Å². The molecule has 2 aliphatic heterocycles. The van der Waals surface area contributed by atoms with Crippen LogP contribution in [0.1, 0.15) is 19.3 Å². The fraction of sp³-hybridized carbons (Fsp3) is 0.476. The molecule has 152 valence electrons. The van der Waals surface area contributed by atoms with Crippen molar-refractivity contribution in [3.8, 4) is 11.1 Å². The lowest BCUT2D eigenvalue weighted by Crippen LogP contribution is -2.56. The number of piperazine rings is 1. The van der Waals surface area contributed by atoms with E-state index in [1.807, 2.05) is 28.6 Å². The summed E-state index contributed by atoms with van der Waals surface area (Å²) >= 11 is -1.25. The first-order valence-electron chi connectivity index (χ1n) is 10.4. The molecule has 0 amide bonds. The third-order valence-corrected chi connectivity index (χ3v) is 7.54. The van der Waals surface area contributed by atoms with Gasteiger partial charge in [-0.15, -0.1) is 0 Å². The summed E-state index contributed by atoms with van der Waals surface area (Å²) in [6.45, 7) is 5.52. The molecule has 1 unspecified atom stereocenters. The van der Waals surface area contributed by atoms with Crippen LogP contribution in [0.2, 0.25) is 0 Å². The van der Waals surface area contributed by atoms with E-state index in [4.69, 9.17) is 4.99 Å². The van der Waals surface area contributed by atoms with Gasteiger partial charge in [0, 0.05) is 50.2 Å². The summed E-state index contributed by atoms with van der Waals surface area (Å²) in [5.41, 5.74) is 1.98. The third-order valence-electron chi connectivity index (χ3n) is 6.12. The number of aromatic nitrogens is 2. The Kier molecular flexibility index (Phi) is 5.39. The predicted molar refractivity (Wildman–Crippen MR) is 114 cm³/mol. The molecule has 1 saturated heterocycles. The van der Waals surface area contributed by atoms with Gasteiger partial charge in [0.2, 0.25) is 5.96 Å². The van der Waals surface area contributed by atoms with Gasteiger partial charge < -0.3 is 9.45 Å². The Bertz CT molecular complexity index is 849. The number of hydrogen-bond donors (Lipinski definition) is 0. The SMILES string of the molecule is [O-][S+](c1ccc(-c2cncnc2)cc1)N1CCN=C1N1CCN(C2CCC2)CC1. The van der Waals surface area contributed by atoms with Crippen molar-refractivity contribution in [3.05, 3.63) is 43.0 Å². The van der Waals surface area contributed by atoms with Gasteiger partial charge in [0.05, 0.1) is 13.1 Å². The van der Waals surface area contributed by atoms with E-state index in [0.717, 1.165) is 54.2 Å². The quantitative estimate of drug-likeness (QED) is 0.718. The molecule has 0 spiro atoms. The molecule has 2 fully saturated rings. The van der Waals surface area contributed by atoms with Crippen LogP contribution in [0.4, 0.5) is 0 Å². The number of nitrogens with zero attached hydrogens (tertiary/aromatic N) is 6. The number of hydrogen-bond acceptors (Lipinski definition) is 7. The number of benzene rings is 1. The second kappa shape index (κ2) is 8.30. The normalized spacial score (nSPS) is 21.8. The molecule has 3 aliphatic rings. The average molecular weight is 411 g/mol. The molecule has 1 saturated carbocycles. The van der Waals surface area contributed by atoms with Crippen LogP contribution in [0.5, 0.6) is 0 Å².